The maximum atomic E-state index is 9.09. The van der Waals surface area contributed by atoms with Gasteiger partial charge in [-0.25, -0.2) is 4.98 Å². The number of benzene rings is 1. The average molecular weight is 307 g/mol. The predicted molar refractivity (Wildman–Crippen MR) is 90.0 cm³/mol. The number of hydrogen-bond donors (Lipinski definition) is 1. The van der Waals surface area contributed by atoms with Crippen LogP contribution in [0.1, 0.15) is 35.8 Å². The third kappa shape index (κ3) is 3.69. The molecular formula is C19H21N3O. The Bertz CT molecular complexity index is 694. The van der Waals surface area contributed by atoms with Crippen LogP contribution in [0.25, 0.3) is 0 Å². The fraction of sp³-hybridized carbons (Fsp3) is 0.368. The van der Waals surface area contributed by atoms with Crippen molar-refractivity contribution in [2.24, 2.45) is 5.92 Å². The summed E-state index contributed by atoms with van der Waals surface area (Å²) < 4.78 is 6.02. The molecule has 2 unspecified atom stereocenters. The van der Waals surface area contributed by atoms with E-state index in [1.165, 1.54) is 5.56 Å². The lowest BCUT2D eigenvalue weighted by atomic mass is 9.89. The molecule has 3 rings (SSSR count). The highest BCUT2D eigenvalue weighted by molar-refractivity contribution is 5.42. The third-order valence-corrected chi connectivity index (χ3v) is 4.32. The van der Waals surface area contributed by atoms with E-state index in [9.17, 15) is 0 Å². The van der Waals surface area contributed by atoms with E-state index in [2.05, 4.69) is 40.6 Å². The van der Waals surface area contributed by atoms with Gasteiger partial charge in [0.05, 0.1) is 6.10 Å². The zero-order valence-corrected chi connectivity index (χ0v) is 13.3. The Morgan fingerprint density at radius 2 is 2.09 bits per heavy atom. The van der Waals surface area contributed by atoms with E-state index in [-0.39, 0.29) is 6.10 Å². The molecule has 4 heteroatoms. The minimum Gasteiger partial charge on any atom is -0.373 e. The number of pyridine rings is 1. The van der Waals surface area contributed by atoms with Crippen molar-refractivity contribution in [1.82, 2.24) is 4.98 Å². The molecule has 23 heavy (non-hydrogen) atoms. The molecule has 1 aliphatic heterocycles. The summed E-state index contributed by atoms with van der Waals surface area (Å²) in [4.78, 5) is 4.36. The number of hydrogen-bond acceptors (Lipinski definition) is 4. The summed E-state index contributed by atoms with van der Waals surface area (Å²) in [7, 11) is 0. The lowest BCUT2D eigenvalue weighted by Gasteiger charge is -2.32. The van der Waals surface area contributed by atoms with Gasteiger partial charge in [0.25, 0.3) is 0 Å². The first-order valence-electron chi connectivity index (χ1n) is 8.06. The van der Waals surface area contributed by atoms with E-state index in [1.54, 1.807) is 0 Å². The molecule has 0 spiro atoms. The first-order valence-corrected chi connectivity index (χ1v) is 8.06. The quantitative estimate of drug-likeness (QED) is 0.932. The summed E-state index contributed by atoms with van der Waals surface area (Å²) >= 11 is 0. The van der Waals surface area contributed by atoms with Crippen LogP contribution < -0.4 is 5.32 Å². The van der Waals surface area contributed by atoms with E-state index < -0.39 is 0 Å². The molecule has 0 aliphatic carbocycles. The molecule has 0 radical (unpaired) electrons. The first kappa shape index (κ1) is 15.5. The summed E-state index contributed by atoms with van der Waals surface area (Å²) in [6.07, 6.45) is 2.34. The van der Waals surface area contributed by atoms with Crippen molar-refractivity contribution >= 4 is 5.82 Å². The van der Waals surface area contributed by atoms with Crippen LogP contribution in [0.2, 0.25) is 0 Å². The van der Waals surface area contributed by atoms with Gasteiger partial charge in [-0.05, 0) is 37.0 Å². The highest BCUT2D eigenvalue weighted by Gasteiger charge is 2.27. The Labute approximate surface area is 137 Å². The highest BCUT2D eigenvalue weighted by atomic mass is 16.5. The monoisotopic (exact) mass is 307 g/mol. The number of nitrogens with one attached hydrogen (secondary N) is 1. The number of anilines is 1. The zero-order chi connectivity index (χ0) is 16.1. The maximum absolute atomic E-state index is 9.09. The van der Waals surface area contributed by atoms with Crippen molar-refractivity contribution in [3.63, 3.8) is 0 Å². The smallest absolute Gasteiger partial charge is 0.145 e. The number of nitrogens with zero attached hydrogens (tertiary/aromatic N) is 2. The van der Waals surface area contributed by atoms with E-state index in [0.717, 1.165) is 37.4 Å². The molecule has 118 valence electrons. The minimum absolute atomic E-state index is 0.123. The van der Waals surface area contributed by atoms with Crippen LogP contribution in [-0.4, -0.2) is 18.1 Å². The SMILES string of the molecule is Cc1ccc(NCC2CCCOC2c2ccccc2)nc1C#N. The average Bonchev–Trinajstić information content (AvgIpc) is 2.62. The standard InChI is InChI=1S/C19H21N3O/c1-14-9-10-18(22-17(14)12-20)21-13-16-8-5-11-23-19(16)15-6-3-2-4-7-15/h2-4,6-7,9-10,16,19H,5,8,11,13H2,1H3,(H,21,22). The third-order valence-electron chi connectivity index (χ3n) is 4.32. The normalized spacial score (nSPS) is 20.7. The van der Waals surface area contributed by atoms with Crippen LogP contribution in [0.4, 0.5) is 5.82 Å². The van der Waals surface area contributed by atoms with Gasteiger partial charge in [0, 0.05) is 19.1 Å². The number of rotatable bonds is 4. The zero-order valence-electron chi connectivity index (χ0n) is 13.3. The van der Waals surface area contributed by atoms with Crippen LogP contribution in [0.3, 0.4) is 0 Å². The Hall–Kier alpha value is -2.38. The van der Waals surface area contributed by atoms with Crippen LogP contribution in [0.5, 0.6) is 0 Å². The Balaban J connectivity index is 1.69. The van der Waals surface area contributed by atoms with Crippen LogP contribution in [0, 0.1) is 24.2 Å². The van der Waals surface area contributed by atoms with Crippen molar-refractivity contribution in [1.29, 1.82) is 5.26 Å². The second kappa shape index (κ2) is 7.26. The van der Waals surface area contributed by atoms with Gasteiger partial charge in [-0.2, -0.15) is 5.26 Å². The van der Waals surface area contributed by atoms with Gasteiger partial charge in [0.2, 0.25) is 0 Å². The summed E-state index contributed by atoms with van der Waals surface area (Å²) in [5, 5.41) is 12.5. The van der Waals surface area contributed by atoms with Crippen molar-refractivity contribution < 1.29 is 4.74 Å². The predicted octanol–water partition coefficient (Wildman–Crippen LogP) is 3.84. The lowest BCUT2D eigenvalue weighted by Crippen LogP contribution is -2.28. The topological polar surface area (TPSA) is 57.9 Å². The van der Waals surface area contributed by atoms with Crippen molar-refractivity contribution in [2.45, 2.75) is 25.9 Å². The van der Waals surface area contributed by atoms with Crippen molar-refractivity contribution in [3.8, 4) is 6.07 Å². The molecule has 0 saturated carbocycles. The van der Waals surface area contributed by atoms with E-state index in [0.29, 0.717) is 11.6 Å². The lowest BCUT2D eigenvalue weighted by molar-refractivity contribution is -0.0238. The molecule has 1 aromatic carbocycles. The van der Waals surface area contributed by atoms with Crippen LogP contribution in [0.15, 0.2) is 42.5 Å². The van der Waals surface area contributed by atoms with E-state index in [1.807, 2.05) is 25.1 Å². The number of aryl methyl sites for hydroxylation is 1. The molecule has 0 amide bonds. The molecule has 2 atom stereocenters. The van der Waals surface area contributed by atoms with Gasteiger partial charge in [-0.15, -0.1) is 0 Å². The molecular weight excluding hydrogens is 286 g/mol. The fourth-order valence-corrected chi connectivity index (χ4v) is 3.04. The number of ether oxygens (including phenoxy) is 1. The van der Waals surface area contributed by atoms with Gasteiger partial charge in [0.1, 0.15) is 17.6 Å². The molecule has 4 nitrogen and oxygen atoms in total. The van der Waals surface area contributed by atoms with Crippen LogP contribution >= 0.6 is 0 Å². The first-order chi connectivity index (χ1) is 11.3. The number of aromatic nitrogens is 1. The van der Waals surface area contributed by atoms with Gasteiger partial charge in [-0.3, -0.25) is 0 Å². The second-order valence-electron chi connectivity index (χ2n) is 5.96. The molecule has 1 aliphatic rings. The number of nitriles is 1. The summed E-state index contributed by atoms with van der Waals surface area (Å²) in [6, 6.07) is 16.4. The summed E-state index contributed by atoms with van der Waals surface area (Å²) in [6.45, 7) is 3.51. The summed E-state index contributed by atoms with van der Waals surface area (Å²) in [5.41, 5.74) is 2.62. The van der Waals surface area contributed by atoms with Crippen LogP contribution in [-0.2, 0) is 4.74 Å². The molecule has 0 bridgehead atoms. The molecule has 1 saturated heterocycles. The Morgan fingerprint density at radius 3 is 2.87 bits per heavy atom. The molecule has 2 aromatic rings. The molecule has 1 N–H and O–H groups in total. The fourth-order valence-electron chi connectivity index (χ4n) is 3.04. The van der Waals surface area contributed by atoms with E-state index >= 15 is 0 Å². The van der Waals surface area contributed by atoms with Gasteiger partial charge in [-0.1, -0.05) is 36.4 Å². The largest absolute Gasteiger partial charge is 0.373 e. The Kier molecular flexibility index (Phi) is 4.89. The summed E-state index contributed by atoms with van der Waals surface area (Å²) in [5.74, 6) is 1.16. The maximum Gasteiger partial charge on any atom is 0.145 e. The van der Waals surface area contributed by atoms with Gasteiger partial charge >= 0.3 is 0 Å². The molecule has 1 fully saturated rings. The van der Waals surface area contributed by atoms with Gasteiger partial charge in [0.15, 0.2) is 0 Å². The second-order valence-corrected chi connectivity index (χ2v) is 5.96. The minimum atomic E-state index is 0.123. The molecule has 1 aromatic heterocycles. The van der Waals surface area contributed by atoms with Gasteiger partial charge < -0.3 is 10.1 Å². The van der Waals surface area contributed by atoms with Crippen molar-refractivity contribution in [2.75, 3.05) is 18.5 Å². The highest BCUT2D eigenvalue weighted by Crippen LogP contribution is 2.33. The molecule has 2 heterocycles. The van der Waals surface area contributed by atoms with E-state index in [4.69, 9.17) is 10.00 Å². The van der Waals surface area contributed by atoms with Crippen molar-refractivity contribution in [3.05, 3.63) is 59.3 Å². The Morgan fingerprint density at radius 1 is 1.26 bits per heavy atom.